The first kappa shape index (κ1) is 9.21. The Bertz CT molecular complexity index is 323. The van der Waals surface area contributed by atoms with E-state index in [2.05, 4.69) is 5.32 Å². The number of hydrogen-bond acceptors (Lipinski definition) is 2. The Balaban J connectivity index is 2.06. The summed E-state index contributed by atoms with van der Waals surface area (Å²) in [6.07, 6.45) is 1.62. The van der Waals surface area contributed by atoms with Crippen molar-refractivity contribution in [3.63, 3.8) is 0 Å². The van der Waals surface area contributed by atoms with Gasteiger partial charge in [0, 0.05) is 6.04 Å². The first-order valence-corrected chi connectivity index (χ1v) is 4.81. The first-order valence-electron chi connectivity index (χ1n) is 4.81. The van der Waals surface area contributed by atoms with Crippen molar-refractivity contribution in [1.29, 1.82) is 0 Å². The molecule has 1 aliphatic heterocycles. The van der Waals surface area contributed by atoms with Gasteiger partial charge in [0.1, 0.15) is 6.04 Å². The van der Waals surface area contributed by atoms with Gasteiger partial charge in [-0.15, -0.1) is 0 Å². The van der Waals surface area contributed by atoms with Crippen LogP contribution in [-0.2, 0) is 4.79 Å². The Labute approximate surface area is 82.8 Å². The number of aliphatic carboxylic acids is 1. The van der Waals surface area contributed by atoms with Crippen molar-refractivity contribution in [2.45, 2.75) is 24.9 Å². The fraction of sp³-hybridized carbons (Fsp3) is 0.364. The average molecular weight is 191 g/mol. The van der Waals surface area contributed by atoms with Crippen LogP contribution < -0.4 is 5.32 Å². The monoisotopic (exact) mass is 191 g/mol. The highest BCUT2D eigenvalue weighted by molar-refractivity contribution is 5.73. The molecule has 0 aromatic heterocycles. The molecule has 14 heavy (non-hydrogen) atoms. The van der Waals surface area contributed by atoms with E-state index in [1.54, 1.807) is 0 Å². The Morgan fingerprint density at radius 2 is 2.00 bits per heavy atom. The summed E-state index contributed by atoms with van der Waals surface area (Å²) < 4.78 is 0. The van der Waals surface area contributed by atoms with Gasteiger partial charge in [-0.1, -0.05) is 30.3 Å². The largest absolute Gasteiger partial charge is 0.480 e. The summed E-state index contributed by atoms with van der Waals surface area (Å²) in [6, 6.07) is 9.81. The van der Waals surface area contributed by atoms with Crippen LogP contribution in [0.4, 0.5) is 0 Å². The minimum atomic E-state index is -0.747. The molecule has 1 unspecified atom stereocenters. The Kier molecular flexibility index (Phi) is 2.50. The lowest BCUT2D eigenvalue weighted by atomic mass is 10.1. The fourth-order valence-corrected chi connectivity index (χ4v) is 1.89. The van der Waals surface area contributed by atoms with E-state index < -0.39 is 5.97 Å². The average Bonchev–Trinajstić information content (AvgIpc) is 2.68. The molecule has 74 valence electrons. The van der Waals surface area contributed by atoms with Crippen LogP contribution >= 0.6 is 0 Å². The summed E-state index contributed by atoms with van der Waals surface area (Å²) in [4.78, 5) is 10.7. The van der Waals surface area contributed by atoms with Gasteiger partial charge >= 0.3 is 5.97 Å². The number of benzene rings is 1. The van der Waals surface area contributed by atoms with Gasteiger partial charge < -0.3 is 5.11 Å². The molecule has 0 spiro atoms. The molecule has 3 nitrogen and oxygen atoms in total. The van der Waals surface area contributed by atoms with Crippen LogP contribution in [0, 0.1) is 0 Å². The second-order valence-electron chi connectivity index (χ2n) is 3.60. The zero-order chi connectivity index (χ0) is 9.97. The molecule has 0 radical (unpaired) electrons. The highest BCUT2D eigenvalue weighted by Gasteiger charge is 2.29. The van der Waals surface area contributed by atoms with Crippen molar-refractivity contribution in [3.05, 3.63) is 35.9 Å². The van der Waals surface area contributed by atoms with E-state index in [0.717, 1.165) is 12.8 Å². The molecular weight excluding hydrogens is 178 g/mol. The van der Waals surface area contributed by atoms with Gasteiger partial charge in [0.25, 0.3) is 0 Å². The van der Waals surface area contributed by atoms with Crippen molar-refractivity contribution >= 4 is 5.97 Å². The van der Waals surface area contributed by atoms with Crippen molar-refractivity contribution in [2.24, 2.45) is 0 Å². The van der Waals surface area contributed by atoms with Crippen molar-refractivity contribution in [1.82, 2.24) is 5.32 Å². The van der Waals surface area contributed by atoms with E-state index in [-0.39, 0.29) is 12.1 Å². The summed E-state index contributed by atoms with van der Waals surface area (Å²) in [5, 5.41) is 11.9. The molecule has 1 saturated heterocycles. The topological polar surface area (TPSA) is 49.3 Å². The molecule has 0 saturated carbocycles. The molecule has 1 heterocycles. The van der Waals surface area contributed by atoms with Crippen LogP contribution in [0.25, 0.3) is 0 Å². The zero-order valence-corrected chi connectivity index (χ0v) is 7.81. The molecule has 1 aliphatic rings. The lowest BCUT2D eigenvalue weighted by Gasteiger charge is -2.11. The number of carbonyl (C=O) groups is 1. The van der Waals surface area contributed by atoms with E-state index >= 15 is 0 Å². The zero-order valence-electron chi connectivity index (χ0n) is 7.81. The Morgan fingerprint density at radius 1 is 1.29 bits per heavy atom. The predicted molar refractivity (Wildman–Crippen MR) is 53.0 cm³/mol. The minimum absolute atomic E-state index is 0.206. The van der Waals surface area contributed by atoms with Gasteiger partial charge in [0.2, 0.25) is 0 Å². The lowest BCUT2D eigenvalue weighted by Crippen LogP contribution is -2.31. The lowest BCUT2D eigenvalue weighted by molar-refractivity contribution is -0.139. The summed E-state index contributed by atoms with van der Waals surface area (Å²) in [7, 11) is 0. The predicted octanol–water partition coefficient (Wildman–Crippen LogP) is 1.56. The Morgan fingerprint density at radius 3 is 2.57 bits per heavy atom. The quantitative estimate of drug-likeness (QED) is 0.746. The second-order valence-corrected chi connectivity index (χ2v) is 3.60. The third-order valence-corrected chi connectivity index (χ3v) is 2.65. The highest BCUT2D eigenvalue weighted by Crippen LogP contribution is 2.26. The number of hydrogen-bond donors (Lipinski definition) is 2. The van der Waals surface area contributed by atoms with Gasteiger partial charge in [0.15, 0.2) is 0 Å². The van der Waals surface area contributed by atoms with E-state index in [1.165, 1.54) is 5.56 Å². The van der Waals surface area contributed by atoms with Crippen LogP contribution in [0.5, 0.6) is 0 Å². The van der Waals surface area contributed by atoms with Crippen molar-refractivity contribution in [2.75, 3.05) is 0 Å². The molecule has 1 fully saturated rings. The number of carboxylic acid groups (broad SMARTS) is 1. The van der Waals surface area contributed by atoms with Gasteiger partial charge in [-0.05, 0) is 18.4 Å². The maximum atomic E-state index is 10.7. The molecule has 1 aromatic rings. The number of rotatable bonds is 2. The molecule has 0 amide bonds. The van der Waals surface area contributed by atoms with Crippen molar-refractivity contribution < 1.29 is 9.90 Å². The van der Waals surface area contributed by atoms with E-state index in [1.807, 2.05) is 30.3 Å². The van der Waals surface area contributed by atoms with Gasteiger partial charge in [-0.2, -0.15) is 0 Å². The highest BCUT2D eigenvalue weighted by atomic mass is 16.4. The summed E-state index contributed by atoms with van der Waals surface area (Å²) in [6.45, 7) is 0. The van der Waals surface area contributed by atoms with E-state index in [4.69, 9.17) is 5.11 Å². The first-order chi connectivity index (χ1) is 6.77. The molecule has 0 bridgehead atoms. The maximum absolute atomic E-state index is 10.7. The normalized spacial score (nSPS) is 26.3. The smallest absolute Gasteiger partial charge is 0.320 e. The van der Waals surface area contributed by atoms with Gasteiger partial charge in [-0.3, -0.25) is 10.1 Å². The third-order valence-electron chi connectivity index (χ3n) is 2.65. The fourth-order valence-electron chi connectivity index (χ4n) is 1.89. The van der Waals surface area contributed by atoms with Gasteiger partial charge in [0.05, 0.1) is 0 Å². The van der Waals surface area contributed by atoms with E-state index in [9.17, 15) is 4.79 Å². The summed E-state index contributed by atoms with van der Waals surface area (Å²) in [5.74, 6) is -0.747. The van der Waals surface area contributed by atoms with Gasteiger partial charge in [-0.25, -0.2) is 0 Å². The second kappa shape index (κ2) is 3.80. The minimum Gasteiger partial charge on any atom is -0.480 e. The number of nitrogens with one attached hydrogen (secondary N) is 1. The molecule has 2 N–H and O–H groups in total. The maximum Gasteiger partial charge on any atom is 0.320 e. The van der Waals surface area contributed by atoms with Crippen LogP contribution in [-0.4, -0.2) is 17.1 Å². The molecular formula is C11H13NO2. The standard InChI is InChI=1S/C11H13NO2/c13-11(14)10-7-6-9(12-10)8-4-2-1-3-5-8/h1-5,9-10,12H,6-7H2,(H,13,14)/t9-,10?/m0/s1. The number of carboxylic acids is 1. The van der Waals surface area contributed by atoms with Crippen LogP contribution in [0.2, 0.25) is 0 Å². The van der Waals surface area contributed by atoms with Crippen LogP contribution in [0.15, 0.2) is 30.3 Å². The molecule has 1 aromatic carbocycles. The molecule has 2 rings (SSSR count). The van der Waals surface area contributed by atoms with Crippen molar-refractivity contribution in [3.8, 4) is 0 Å². The summed E-state index contributed by atoms with van der Waals surface area (Å²) >= 11 is 0. The third kappa shape index (κ3) is 1.77. The Hall–Kier alpha value is -1.35. The molecule has 3 heteroatoms. The van der Waals surface area contributed by atoms with Crippen LogP contribution in [0.1, 0.15) is 24.4 Å². The molecule has 0 aliphatic carbocycles. The van der Waals surface area contributed by atoms with Crippen LogP contribution in [0.3, 0.4) is 0 Å². The summed E-state index contributed by atoms with van der Waals surface area (Å²) in [5.41, 5.74) is 1.18. The SMILES string of the molecule is O=C(O)C1CC[C@@H](c2ccccc2)N1. The molecule has 2 atom stereocenters. The van der Waals surface area contributed by atoms with E-state index in [0.29, 0.717) is 0 Å².